The molecule has 0 saturated heterocycles. The number of aliphatic hydroxyl groups is 2. The molecule has 20 heavy (non-hydrogen) atoms. The van der Waals surface area contributed by atoms with Gasteiger partial charge in [-0.3, -0.25) is 4.79 Å². The molecule has 7 heteroatoms. The Kier molecular flexibility index (Phi) is 6.00. The average molecular weight is 300 g/mol. The summed E-state index contributed by atoms with van der Waals surface area (Å²) in [7, 11) is 1.29. The summed E-state index contributed by atoms with van der Waals surface area (Å²) < 4.78 is 5.01. The summed E-state index contributed by atoms with van der Waals surface area (Å²) in [4.78, 5) is 21.9. The van der Waals surface area contributed by atoms with E-state index in [9.17, 15) is 19.8 Å². The van der Waals surface area contributed by atoms with E-state index < -0.39 is 18.2 Å². The largest absolute Gasteiger partial charge is 0.495 e. The fourth-order valence-corrected chi connectivity index (χ4v) is 2.27. The van der Waals surface area contributed by atoms with Crippen molar-refractivity contribution in [3.63, 3.8) is 0 Å². The van der Waals surface area contributed by atoms with Crippen LogP contribution in [0.3, 0.4) is 0 Å². The minimum Gasteiger partial charge on any atom is -0.495 e. The van der Waals surface area contributed by atoms with E-state index in [-0.39, 0.29) is 27.7 Å². The Hall–Kier alpha value is -1.57. The zero-order chi connectivity index (χ0) is 15.3. The molecule has 3 N–H and O–H groups in total. The third-order valence-corrected chi connectivity index (χ3v) is 3.54. The number of aromatic carboxylic acids is 1. The van der Waals surface area contributed by atoms with Crippen molar-refractivity contribution in [1.29, 1.82) is 0 Å². The Bertz CT molecular complexity index is 502. The molecule has 110 valence electrons. The topological polar surface area (TPSA) is 104 Å². The van der Waals surface area contributed by atoms with Crippen molar-refractivity contribution in [1.82, 2.24) is 0 Å². The number of carboxylic acid groups (broad SMARTS) is 1. The van der Waals surface area contributed by atoms with Crippen LogP contribution < -0.4 is 4.74 Å². The maximum atomic E-state index is 11.1. The third kappa shape index (κ3) is 3.96. The number of carbonyl (C=O) groups is 2. The average Bonchev–Trinajstić information content (AvgIpc) is 2.42. The number of para-hydroxylation sites is 1. The van der Waals surface area contributed by atoms with Gasteiger partial charge in [0.1, 0.15) is 17.4 Å². The number of benzene rings is 1. The highest BCUT2D eigenvalue weighted by atomic mass is 32.2. The van der Waals surface area contributed by atoms with Crippen molar-refractivity contribution in [2.75, 3.05) is 12.9 Å². The van der Waals surface area contributed by atoms with Crippen molar-refractivity contribution >= 4 is 22.8 Å². The van der Waals surface area contributed by atoms with Crippen LogP contribution >= 0.6 is 11.8 Å². The zero-order valence-electron chi connectivity index (χ0n) is 11.1. The van der Waals surface area contributed by atoms with E-state index in [1.807, 2.05) is 0 Å². The van der Waals surface area contributed by atoms with Gasteiger partial charge >= 0.3 is 5.97 Å². The van der Waals surface area contributed by atoms with E-state index >= 15 is 0 Å². The van der Waals surface area contributed by atoms with Crippen LogP contribution in [0.2, 0.25) is 0 Å². The molecule has 0 aromatic heterocycles. The van der Waals surface area contributed by atoms with Crippen LogP contribution in [0.15, 0.2) is 18.2 Å². The number of ether oxygens (including phenoxy) is 1. The molecule has 1 rings (SSSR count). The first kappa shape index (κ1) is 16.5. The van der Waals surface area contributed by atoms with Gasteiger partial charge < -0.3 is 20.1 Å². The van der Waals surface area contributed by atoms with Gasteiger partial charge in [-0.25, -0.2) is 4.79 Å². The monoisotopic (exact) mass is 300 g/mol. The number of carbonyl (C=O) groups excluding carboxylic acids is 1. The molecule has 2 atom stereocenters. The summed E-state index contributed by atoms with van der Waals surface area (Å²) in [5.41, 5.74) is 0.0690. The first-order valence-electron chi connectivity index (χ1n) is 5.78. The number of aliphatic hydroxyl groups excluding tert-OH is 2. The molecule has 0 aliphatic heterocycles. The maximum absolute atomic E-state index is 11.1. The Morgan fingerprint density at radius 1 is 1.35 bits per heavy atom. The lowest BCUT2D eigenvalue weighted by molar-refractivity contribution is -0.109. The second-order valence-electron chi connectivity index (χ2n) is 4.05. The Balaban J connectivity index is 3.03. The summed E-state index contributed by atoms with van der Waals surface area (Å²) in [5, 5.41) is 28.8. The summed E-state index contributed by atoms with van der Waals surface area (Å²) in [5.74, 6) is -1.18. The highest BCUT2D eigenvalue weighted by Gasteiger charge is 2.25. The van der Waals surface area contributed by atoms with Crippen LogP contribution in [0.5, 0.6) is 5.75 Å². The Morgan fingerprint density at radius 3 is 2.50 bits per heavy atom. The number of carboxylic acids is 1. The van der Waals surface area contributed by atoms with Crippen molar-refractivity contribution in [2.45, 2.75) is 19.1 Å². The molecule has 0 aliphatic rings. The van der Waals surface area contributed by atoms with E-state index in [0.29, 0.717) is 0 Å². The van der Waals surface area contributed by atoms with Crippen LogP contribution in [0.25, 0.3) is 0 Å². The SMILES string of the molecule is COc1c(C(=O)O)cccc1C(O)C(O)CSC(C)=O. The second kappa shape index (κ2) is 7.28. The number of hydrogen-bond donors (Lipinski definition) is 3. The number of methoxy groups -OCH3 is 1. The molecular formula is C13H16O6S. The normalized spacial score (nSPS) is 13.6. The van der Waals surface area contributed by atoms with Gasteiger partial charge in [-0.05, 0) is 6.07 Å². The Morgan fingerprint density at radius 2 is 2.00 bits per heavy atom. The molecule has 0 fully saturated rings. The quantitative estimate of drug-likeness (QED) is 0.721. The highest BCUT2D eigenvalue weighted by molar-refractivity contribution is 8.13. The van der Waals surface area contributed by atoms with Crippen LogP contribution in [-0.4, -0.2) is 45.4 Å². The molecule has 1 aromatic carbocycles. The zero-order valence-corrected chi connectivity index (χ0v) is 11.9. The minimum atomic E-state index is -1.34. The van der Waals surface area contributed by atoms with E-state index in [0.717, 1.165) is 11.8 Å². The van der Waals surface area contributed by atoms with Gasteiger partial charge in [-0.1, -0.05) is 23.9 Å². The van der Waals surface area contributed by atoms with Crippen molar-refractivity contribution in [3.8, 4) is 5.75 Å². The van der Waals surface area contributed by atoms with Crippen molar-refractivity contribution in [3.05, 3.63) is 29.3 Å². The van der Waals surface area contributed by atoms with E-state index in [2.05, 4.69) is 0 Å². The first-order chi connectivity index (χ1) is 9.38. The highest BCUT2D eigenvalue weighted by Crippen LogP contribution is 2.31. The maximum Gasteiger partial charge on any atom is 0.339 e. The van der Waals surface area contributed by atoms with Crippen molar-refractivity contribution < 1.29 is 29.6 Å². The summed E-state index contributed by atoms with van der Waals surface area (Å²) in [6.45, 7) is 1.36. The lowest BCUT2D eigenvalue weighted by Crippen LogP contribution is -2.22. The number of thioether (sulfide) groups is 1. The van der Waals surface area contributed by atoms with E-state index in [1.165, 1.54) is 32.2 Å². The van der Waals surface area contributed by atoms with Gasteiger partial charge in [-0.15, -0.1) is 0 Å². The molecule has 0 amide bonds. The Labute approximate surface area is 120 Å². The molecule has 0 heterocycles. The van der Waals surface area contributed by atoms with E-state index in [1.54, 1.807) is 0 Å². The van der Waals surface area contributed by atoms with Gasteiger partial charge in [0.15, 0.2) is 5.12 Å². The van der Waals surface area contributed by atoms with Crippen molar-refractivity contribution in [2.24, 2.45) is 0 Å². The second-order valence-corrected chi connectivity index (χ2v) is 5.24. The summed E-state index contributed by atoms with van der Waals surface area (Å²) in [6, 6.07) is 4.26. The van der Waals surface area contributed by atoms with Gasteiger partial charge in [-0.2, -0.15) is 0 Å². The van der Waals surface area contributed by atoms with Gasteiger partial charge in [0, 0.05) is 18.2 Å². The lowest BCUT2D eigenvalue weighted by Gasteiger charge is -2.20. The predicted octanol–water partition coefficient (Wildman–Crippen LogP) is 1.07. The molecule has 1 aromatic rings. The standard InChI is InChI=1S/C13H16O6S/c1-7(14)20-6-10(15)11(16)8-4-3-5-9(13(17)18)12(8)19-2/h3-5,10-11,15-16H,6H2,1-2H3,(H,17,18). The molecular weight excluding hydrogens is 284 g/mol. The first-order valence-corrected chi connectivity index (χ1v) is 6.76. The molecule has 0 spiro atoms. The van der Waals surface area contributed by atoms with Gasteiger partial charge in [0.05, 0.1) is 13.2 Å². The molecule has 2 unspecified atom stereocenters. The van der Waals surface area contributed by atoms with Crippen LogP contribution in [0.1, 0.15) is 28.9 Å². The molecule has 0 bridgehead atoms. The summed E-state index contributed by atoms with van der Waals surface area (Å²) >= 11 is 0.880. The van der Waals surface area contributed by atoms with Crippen LogP contribution in [0, 0.1) is 0 Å². The van der Waals surface area contributed by atoms with Gasteiger partial charge in [0.2, 0.25) is 0 Å². The van der Waals surface area contributed by atoms with E-state index in [4.69, 9.17) is 9.84 Å². The predicted molar refractivity (Wildman–Crippen MR) is 74.1 cm³/mol. The number of hydrogen-bond acceptors (Lipinski definition) is 6. The van der Waals surface area contributed by atoms with Gasteiger partial charge in [0.25, 0.3) is 0 Å². The molecule has 0 radical (unpaired) electrons. The minimum absolute atomic E-state index is 0.000579. The smallest absolute Gasteiger partial charge is 0.339 e. The summed E-state index contributed by atoms with van der Waals surface area (Å²) in [6.07, 6.45) is -2.54. The molecule has 0 saturated carbocycles. The number of rotatable bonds is 6. The lowest BCUT2D eigenvalue weighted by atomic mass is 10.0. The molecule has 0 aliphatic carbocycles. The fraction of sp³-hybridized carbons (Fsp3) is 0.385. The van der Waals surface area contributed by atoms with Crippen LogP contribution in [0.4, 0.5) is 0 Å². The third-order valence-electron chi connectivity index (χ3n) is 2.62. The van der Waals surface area contributed by atoms with Crippen LogP contribution in [-0.2, 0) is 4.79 Å². The molecule has 6 nitrogen and oxygen atoms in total. The fourth-order valence-electron chi connectivity index (χ4n) is 1.69.